The molecule has 0 aromatic carbocycles. The van der Waals surface area contributed by atoms with Crippen molar-refractivity contribution in [2.75, 3.05) is 33.4 Å². The van der Waals surface area contributed by atoms with Gasteiger partial charge in [0.25, 0.3) is 0 Å². The zero-order valence-electron chi connectivity index (χ0n) is 36.1. The number of esters is 2. The third kappa shape index (κ3) is 41.6. The number of phosphoric ester groups is 1. The average molecular weight is 810 g/mol. The van der Waals surface area contributed by atoms with Gasteiger partial charge in [0.2, 0.25) is 0 Å². The van der Waals surface area contributed by atoms with E-state index in [1.807, 2.05) is 0 Å². The van der Waals surface area contributed by atoms with E-state index in [1.54, 1.807) is 7.05 Å². The molecule has 0 aliphatic carbocycles. The predicted molar refractivity (Wildman–Crippen MR) is 234 cm³/mol. The zero-order chi connectivity index (χ0) is 41.1. The second-order valence-electron chi connectivity index (χ2n) is 14.9. The van der Waals surface area contributed by atoms with E-state index in [9.17, 15) is 19.0 Å². The Hall–Kier alpha value is -2.03. The second kappa shape index (κ2) is 42.6. The largest absolute Gasteiger partial charge is 0.472 e. The highest BCUT2D eigenvalue weighted by molar-refractivity contribution is 7.47. The molecule has 0 saturated heterocycles. The van der Waals surface area contributed by atoms with Gasteiger partial charge < -0.3 is 19.7 Å². The number of phosphoric acid groups is 1. The molecule has 0 heterocycles. The molecule has 0 amide bonds. The molecule has 0 saturated carbocycles. The van der Waals surface area contributed by atoms with Gasteiger partial charge in [-0.05, 0) is 84.1 Å². The van der Waals surface area contributed by atoms with Crippen molar-refractivity contribution in [3.63, 3.8) is 0 Å². The first-order valence-corrected chi connectivity index (χ1v) is 24.1. The Morgan fingerprint density at radius 1 is 0.554 bits per heavy atom. The molecule has 56 heavy (non-hydrogen) atoms. The Balaban J connectivity index is 4.24. The molecular weight excluding hydrogens is 725 g/mol. The number of carbonyl (C=O) groups excluding carboxylic acids is 2. The third-order valence-corrected chi connectivity index (χ3v) is 10.4. The van der Waals surface area contributed by atoms with Crippen LogP contribution in [-0.2, 0) is 32.7 Å². The van der Waals surface area contributed by atoms with Gasteiger partial charge in [-0.1, -0.05) is 152 Å². The van der Waals surface area contributed by atoms with Crippen molar-refractivity contribution >= 4 is 19.8 Å². The fourth-order valence-electron chi connectivity index (χ4n) is 5.97. The summed E-state index contributed by atoms with van der Waals surface area (Å²) < 4.78 is 33.2. The number of likely N-dealkylation sites (N-methyl/N-ethyl adjacent to an activating group) is 1. The number of unbranched alkanes of at least 4 members (excludes halogenated alkanes) is 20. The first-order valence-electron chi connectivity index (χ1n) is 22.6. The lowest BCUT2D eigenvalue weighted by Crippen LogP contribution is -2.29. The summed E-state index contributed by atoms with van der Waals surface area (Å²) in [5.41, 5.74) is 0. The molecule has 0 fully saturated rings. The molecule has 0 aromatic rings. The van der Waals surface area contributed by atoms with Crippen LogP contribution < -0.4 is 5.32 Å². The van der Waals surface area contributed by atoms with Crippen LogP contribution in [0.5, 0.6) is 0 Å². The molecule has 2 unspecified atom stereocenters. The lowest BCUT2D eigenvalue weighted by Gasteiger charge is -2.20. The molecule has 0 aliphatic heterocycles. The topological polar surface area (TPSA) is 120 Å². The van der Waals surface area contributed by atoms with Gasteiger partial charge in [0, 0.05) is 19.4 Å². The van der Waals surface area contributed by atoms with Crippen molar-refractivity contribution in [1.29, 1.82) is 0 Å². The predicted octanol–water partition coefficient (Wildman–Crippen LogP) is 13.0. The highest BCUT2D eigenvalue weighted by Gasteiger charge is 2.26. The minimum absolute atomic E-state index is 0.0256. The van der Waals surface area contributed by atoms with E-state index in [0.717, 1.165) is 51.4 Å². The fourth-order valence-corrected chi connectivity index (χ4v) is 6.72. The average Bonchev–Trinajstić information content (AvgIpc) is 3.18. The van der Waals surface area contributed by atoms with Gasteiger partial charge in [-0.2, -0.15) is 0 Å². The van der Waals surface area contributed by atoms with Crippen LogP contribution in [0, 0.1) is 0 Å². The van der Waals surface area contributed by atoms with E-state index in [2.05, 4.69) is 67.8 Å². The highest BCUT2D eigenvalue weighted by atomic mass is 31.2. The maximum atomic E-state index is 12.6. The zero-order valence-corrected chi connectivity index (χ0v) is 37.0. The van der Waals surface area contributed by atoms with Gasteiger partial charge >= 0.3 is 19.8 Å². The molecule has 0 bridgehead atoms. The maximum Gasteiger partial charge on any atom is 0.472 e. The molecule has 0 rings (SSSR count). The summed E-state index contributed by atoms with van der Waals surface area (Å²) in [5, 5.41) is 2.82. The summed E-state index contributed by atoms with van der Waals surface area (Å²) in [6.45, 7) is 4.15. The number of hydrogen-bond donors (Lipinski definition) is 2. The van der Waals surface area contributed by atoms with Crippen LogP contribution in [0.4, 0.5) is 0 Å². The van der Waals surface area contributed by atoms with Gasteiger partial charge in [-0.15, -0.1) is 0 Å². The molecule has 326 valence electrons. The quantitative estimate of drug-likeness (QED) is 0.0269. The lowest BCUT2D eigenvalue weighted by atomic mass is 10.1. The summed E-state index contributed by atoms with van der Waals surface area (Å²) in [6, 6.07) is 0. The van der Waals surface area contributed by atoms with Crippen molar-refractivity contribution in [1.82, 2.24) is 5.32 Å². The van der Waals surface area contributed by atoms with E-state index in [4.69, 9.17) is 18.5 Å². The van der Waals surface area contributed by atoms with Crippen LogP contribution in [0.2, 0.25) is 0 Å². The summed E-state index contributed by atoms with van der Waals surface area (Å²) in [7, 11) is -2.67. The number of allylic oxidation sites excluding steroid dienone is 8. The van der Waals surface area contributed by atoms with Crippen LogP contribution in [0.15, 0.2) is 48.6 Å². The smallest absolute Gasteiger partial charge is 0.462 e. The first kappa shape index (κ1) is 54.0. The SMILES string of the molecule is CCCCC/C=C\C/C=C\C/C=C\CCCCC(=O)OC(COC(=O)CCCCCCCCCCC/C=C\CCCCCCCC)COP(=O)(O)OCCNC. The van der Waals surface area contributed by atoms with E-state index in [-0.39, 0.29) is 32.0 Å². The molecule has 9 nitrogen and oxygen atoms in total. The van der Waals surface area contributed by atoms with E-state index in [1.165, 1.54) is 109 Å². The van der Waals surface area contributed by atoms with Crippen LogP contribution >= 0.6 is 7.82 Å². The molecule has 10 heteroatoms. The van der Waals surface area contributed by atoms with E-state index in [0.29, 0.717) is 13.0 Å². The lowest BCUT2D eigenvalue weighted by molar-refractivity contribution is -0.161. The van der Waals surface area contributed by atoms with Crippen LogP contribution in [0.25, 0.3) is 0 Å². The Morgan fingerprint density at radius 2 is 0.964 bits per heavy atom. The molecule has 0 aromatic heterocycles. The number of rotatable bonds is 42. The molecule has 2 atom stereocenters. The standard InChI is InChI=1S/C46H84NO8P/c1-4-6-8-10-12-14-16-18-20-21-22-23-25-26-28-30-32-34-36-38-45(48)52-42-44(43-54-56(50,51)53-41-40-47-3)55-46(49)39-37-35-33-31-29-27-24-19-17-15-13-11-9-7-5-2/h13,15,18-20,24,29,31,44,47H,4-12,14,16-17,21-23,25-28,30,32-43H2,1-3H3,(H,50,51)/b15-13-,20-18-,24-19-,31-29-. The van der Waals surface area contributed by atoms with E-state index >= 15 is 0 Å². The maximum absolute atomic E-state index is 12.6. The Bertz CT molecular complexity index is 1060. The van der Waals surface area contributed by atoms with E-state index < -0.39 is 26.5 Å². The van der Waals surface area contributed by atoms with Crippen LogP contribution in [-0.4, -0.2) is 56.3 Å². The minimum Gasteiger partial charge on any atom is -0.462 e. The van der Waals surface area contributed by atoms with Gasteiger partial charge in [0.1, 0.15) is 6.61 Å². The van der Waals surface area contributed by atoms with Crippen molar-refractivity contribution in [2.45, 2.75) is 200 Å². The normalized spacial score (nSPS) is 13.7. The molecular formula is C46H84NO8P. The Labute approximate surface area is 343 Å². The van der Waals surface area contributed by atoms with Crippen molar-refractivity contribution in [3.8, 4) is 0 Å². The molecule has 2 N–H and O–H groups in total. The second-order valence-corrected chi connectivity index (χ2v) is 16.3. The first-order chi connectivity index (χ1) is 27.3. The Kier molecular flexibility index (Phi) is 41.0. The van der Waals surface area contributed by atoms with Crippen molar-refractivity contribution in [2.24, 2.45) is 0 Å². The summed E-state index contributed by atoms with van der Waals surface area (Å²) >= 11 is 0. The van der Waals surface area contributed by atoms with Crippen LogP contribution in [0.1, 0.15) is 194 Å². The summed E-state index contributed by atoms with van der Waals surface area (Å²) in [6.07, 6.45) is 47.3. The number of carbonyl (C=O) groups is 2. The van der Waals surface area contributed by atoms with Crippen molar-refractivity contribution in [3.05, 3.63) is 48.6 Å². The van der Waals surface area contributed by atoms with Gasteiger partial charge in [-0.25, -0.2) is 4.57 Å². The minimum atomic E-state index is -4.36. The molecule has 0 spiro atoms. The van der Waals surface area contributed by atoms with Crippen LogP contribution in [0.3, 0.4) is 0 Å². The number of ether oxygens (including phenoxy) is 2. The number of hydrogen-bond acceptors (Lipinski definition) is 8. The number of nitrogens with one attached hydrogen (secondary N) is 1. The Morgan fingerprint density at radius 3 is 1.52 bits per heavy atom. The molecule has 0 radical (unpaired) electrons. The fraction of sp³-hybridized carbons (Fsp3) is 0.783. The van der Waals surface area contributed by atoms with Gasteiger partial charge in [-0.3, -0.25) is 18.6 Å². The summed E-state index contributed by atoms with van der Waals surface area (Å²) in [5.74, 6) is -0.853. The van der Waals surface area contributed by atoms with Gasteiger partial charge in [0.05, 0.1) is 13.2 Å². The third-order valence-electron chi connectivity index (χ3n) is 9.42. The summed E-state index contributed by atoms with van der Waals surface area (Å²) in [4.78, 5) is 35.1. The van der Waals surface area contributed by atoms with Gasteiger partial charge in [0.15, 0.2) is 6.10 Å². The van der Waals surface area contributed by atoms with Crippen molar-refractivity contribution < 1.29 is 37.6 Å². The monoisotopic (exact) mass is 810 g/mol. The molecule has 0 aliphatic rings. The highest BCUT2D eigenvalue weighted by Crippen LogP contribution is 2.43.